The van der Waals surface area contributed by atoms with Crippen LogP contribution in [0.25, 0.3) is 66.7 Å². The molecule has 0 saturated heterocycles. The van der Waals surface area contributed by atoms with Gasteiger partial charge in [-0.15, -0.1) is 11.3 Å². The quantitative estimate of drug-likeness (QED) is 0.140. The Morgan fingerprint density at radius 2 is 0.906 bits per heavy atom. The van der Waals surface area contributed by atoms with E-state index in [0.29, 0.717) is 0 Å². The van der Waals surface area contributed by atoms with Crippen molar-refractivity contribution in [2.75, 3.05) is 4.90 Å². The molecule has 0 unspecified atom stereocenters. The van der Waals surface area contributed by atoms with Crippen LogP contribution in [0.5, 0.6) is 0 Å². The van der Waals surface area contributed by atoms with Crippen molar-refractivity contribution in [3.05, 3.63) is 270 Å². The number of hydrogen-bond acceptors (Lipinski definition) is 2. The maximum absolute atomic E-state index is 4.21. The van der Waals surface area contributed by atoms with Crippen molar-refractivity contribution in [1.82, 2.24) is 0 Å². The van der Waals surface area contributed by atoms with Crippen LogP contribution < -0.4 is 4.90 Å². The summed E-state index contributed by atoms with van der Waals surface area (Å²) in [5.41, 5.74) is 18.6. The highest BCUT2D eigenvalue weighted by Crippen LogP contribution is 2.56. The first-order chi connectivity index (χ1) is 31.7. The van der Waals surface area contributed by atoms with Gasteiger partial charge in [0.05, 0.1) is 15.8 Å². The van der Waals surface area contributed by atoms with Gasteiger partial charge in [0.25, 0.3) is 0 Å². The van der Waals surface area contributed by atoms with Crippen molar-refractivity contribution in [3.63, 3.8) is 0 Å². The molecule has 11 rings (SSSR count). The Morgan fingerprint density at radius 3 is 1.47 bits per heavy atom. The normalized spacial score (nSPS) is 12.6. The zero-order chi connectivity index (χ0) is 43.0. The van der Waals surface area contributed by atoms with Crippen LogP contribution in [0.2, 0.25) is 0 Å². The van der Waals surface area contributed by atoms with Crippen LogP contribution in [0.3, 0.4) is 0 Å². The third-order valence-corrected chi connectivity index (χ3v) is 14.1. The first kappa shape index (κ1) is 39.1. The fraction of sp³-hybridized carbons (Fsp3) is 0.0323. The molecule has 1 aromatic heterocycles. The highest BCUT2D eigenvalue weighted by Gasteiger charge is 2.44. The van der Waals surface area contributed by atoms with E-state index in [0.717, 1.165) is 22.6 Å². The third-order valence-electron chi connectivity index (χ3n) is 12.9. The third kappa shape index (κ3) is 6.37. The number of rotatable bonds is 9. The average molecular weight is 836 g/mol. The highest BCUT2D eigenvalue weighted by atomic mass is 32.1. The molecule has 0 atom stereocenters. The van der Waals surface area contributed by atoms with Crippen LogP contribution in [0.1, 0.15) is 39.6 Å². The first-order valence-corrected chi connectivity index (χ1v) is 22.8. The zero-order valence-electron chi connectivity index (χ0n) is 35.7. The summed E-state index contributed by atoms with van der Waals surface area (Å²) in [7, 11) is 0. The number of thiophene rings is 1. The van der Waals surface area contributed by atoms with E-state index in [4.69, 9.17) is 0 Å². The van der Waals surface area contributed by atoms with Crippen molar-refractivity contribution in [3.8, 4) is 44.5 Å². The lowest BCUT2D eigenvalue weighted by molar-refractivity contribution is 0.753. The second-order valence-electron chi connectivity index (χ2n) is 16.3. The first-order valence-electron chi connectivity index (χ1n) is 22.0. The van der Waals surface area contributed by atoms with Gasteiger partial charge in [-0.2, -0.15) is 0 Å². The van der Waals surface area contributed by atoms with E-state index >= 15 is 0 Å². The van der Waals surface area contributed by atoms with Gasteiger partial charge in [0.1, 0.15) is 0 Å². The van der Waals surface area contributed by atoms with Crippen molar-refractivity contribution in [2.24, 2.45) is 0 Å². The van der Waals surface area contributed by atoms with E-state index in [1.165, 1.54) is 81.7 Å². The fourth-order valence-electron chi connectivity index (χ4n) is 10.2. The molecule has 1 aliphatic rings. The van der Waals surface area contributed by atoms with Gasteiger partial charge in [-0.05, 0) is 104 Å². The standard InChI is InChI=1S/C62H45NS/c1-3-20-54-55-30-19-34-59(61(55)64-60(54)4-2)63(47-39-35-44(36-40-47)43-21-7-5-8-22-43)48-41-37-45(38-42-48)49-25-13-16-31-56(49)62(46-23-9-6-10-24-46)57-32-17-14-28-52(57)50-26-11-12-27-51(50)53-29-15-18-33-58(53)62/h3-42H,2H2,1H3/b20-3-. The van der Waals surface area contributed by atoms with E-state index in [-0.39, 0.29) is 0 Å². The number of hydrogen-bond donors (Lipinski definition) is 0. The smallest absolute Gasteiger partial charge is 0.0719 e. The molecule has 10 aromatic rings. The molecule has 0 bridgehead atoms. The molecule has 0 N–H and O–H groups in total. The number of anilines is 3. The van der Waals surface area contributed by atoms with Gasteiger partial charge in [0, 0.05) is 27.2 Å². The Labute approximate surface area is 380 Å². The minimum atomic E-state index is -0.641. The van der Waals surface area contributed by atoms with Crippen LogP contribution in [0.4, 0.5) is 17.1 Å². The van der Waals surface area contributed by atoms with Gasteiger partial charge in [0.15, 0.2) is 0 Å². The largest absolute Gasteiger partial charge is 0.309 e. The molecule has 2 heteroatoms. The van der Waals surface area contributed by atoms with Crippen LogP contribution >= 0.6 is 11.3 Å². The van der Waals surface area contributed by atoms with Crippen LogP contribution in [0.15, 0.2) is 237 Å². The fourth-order valence-corrected chi connectivity index (χ4v) is 11.3. The summed E-state index contributed by atoms with van der Waals surface area (Å²) in [5.74, 6) is 0. The molecule has 1 heterocycles. The van der Waals surface area contributed by atoms with Gasteiger partial charge < -0.3 is 4.90 Å². The Morgan fingerprint density at radius 1 is 0.438 bits per heavy atom. The molecule has 0 radical (unpaired) electrons. The van der Waals surface area contributed by atoms with Crippen molar-refractivity contribution < 1.29 is 0 Å². The van der Waals surface area contributed by atoms with Crippen LogP contribution in [-0.4, -0.2) is 0 Å². The van der Waals surface area contributed by atoms with Gasteiger partial charge in [-0.25, -0.2) is 0 Å². The predicted molar refractivity (Wildman–Crippen MR) is 275 cm³/mol. The van der Waals surface area contributed by atoms with Gasteiger partial charge in [-0.1, -0.05) is 219 Å². The molecule has 1 aliphatic carbocycles. The highest BCUT2D eigenvalue weighted by molar-refractivity contribution is 7.20. The van der Waals surface area contributed by atoms with Crippen LogP contribution in [-0.2, 0) is 5.41 Å². The number of benzene rings is 9. The summed E-state index contributed by atoms with van der Waals surface area (Å²) < 4.78 is 1.23. The zero-order valence-corrected chi connectivity index (χ0v) is 36.5. The summed E-state index contributed by atoms with van der Waals surface area (Å²) in [4.78, 5) is 3.58. The summed E-state index contributed by atoms with van der Waals surface area (Å²) in [6, 6.07) is 82.7. The molecular weight excluding hydrogens is 791 g/mol. The molecule has 64 heavy (non-hydrogen) atoms. The van der Waals surface area contributed by atoms with Crippen molar-refractivity contribution >= 4 is 50.6 Å². The second kappa shape index (κ2) is 16.5. The SMILES string of the molecule is C=Cc1sc2c(N(c3ccc(-c4ccccc4)cc3)c3ccc(-c4ccccc4C4(c5ccccc5)c5ccccc5-c5ccccc5-c5ccccc54)cc3)cccc2c1/C=C\C. The molecule has 0 aliphatic heterocycles. The molecule has 0 fully saturated rings. The summed E-state index contributed by atoms with van der Waals surface area (Å²) >= 11 is 1.80. The Hall–Kier alpha value is -7.78. The Balaban J connectivity index is 1.12. The van der Waals surface area contributed by atoms with Crippen LogP contribution in [0, 0.1) is 0 Å². The van der Waals surface area contributed by atoms with Gasteiger partial charge >= 0.3 is 0 Å². The van der Waals surface area contributed by atoms with Crippen molar-refractivity contribution in [1.29, 1.82) is 0 Å². The van der Waals surface area contributed by atoms with E-state index in [1.807, 2.05) is 6.08 Å². The lowest BCUT2D eigenvalue weighted by atomic mass is 9.62. The van der Waals surface area contributed by atoms with E-state index in [9.17, 15) is 0 Å². The molecule has 1 nitrogen and oxygen atoms in total. The second-order valence-corrected chi connectivity index (χ2v) is 17.4. The Kier molecular flexibility index (Phi) is 10.1. The number of nitrogens with zero attached hydrogens (tertiary/aromatic N) is 1. The summed E-state index contributed by atoms with van der Waals surface area (Å²) in [5, 5.41) is 1.23. The maximum Gasteiger partial charge on any atom is 0.0719 e. The predicted octanol–water partition coefficient (Wildman–Crippen LogP) is 17.4. The van der Waals surface area contributed by atoms with Gasteiger partial charge in [0.2, 0.25) is 0 Å². The maximum atomic E-state index is 4.21. The topological polar surface area (TPSA) is 3.24 Å². The molecule has 0 saturated carbocycles. The van der Waals surface area contributed by atoms with E-state index < -0.39 is 5.41 Å². The number of allylic oxidation sites excluding steroid dienone is 1. The minimum absolute atomic E-state index is 0.641. The minimum Gasteiger partial charge on any atom is -0.309 e. The molecular formula is C62H45NS. The molecule has 0 amide bonds. The van der Waals surface area contributed by atoms with Crippen molar-refractivity contribution in [2.45, 2.75) is 12.3 Å². The molecule has 9 aromatic carbocycles. The monoisotopic (exact) mass is 835 g/mol. The summed E-state index contributed by atoms with van der Waals surface area (Å²) in [6.45, 7) is 6.28. The van der Waals surface area contributed by atoms with E-state index in [2.05, 4.69) is 255 Å². The van der Waals surface area contributed by atoms with E-state index in [1.54, 1.807) is 11.3 Å². The molecule has 0 spiro atoms. The Bertz CT molecular complexity index is 3270. The lowest BCUT2D eigenvalue weighted by Gasteiger charge is -2.39. The number of fused-ring (bicyclic) bond motifs is 6. The lowest BCUT2D eigenvalue weighted by Crippen LogP contribution is -2.32. The molecule has 304 valence electrons. The average Bonchev–Trinajstić information content (AvgIpc) is 3.69. The summed E-state index contributed by atoms with van der Waals surface area (Å²) in [6.07, 6.45) is 6.31. The van der Waals surface area contributed by atoms with Gasteiger partial charge in [-0.3, -0.25) is 0 Å².